The van der Waals surface area contributed by atoms with Gasteiger partial charge in [-0.15, -0.1) is 0 Å². The molecule has 0 spiro atoms. The number of hydrogen-bond acceptors (Lipinski definition) is 0. The first-order valence-corrected chi connectivity index (χ1v) is 30.2. The Morgan fingerprint density at radius 3 is 1.36 bits per heavy atom. The minimum absolute atomic E-state index is 0.0698. The van der Waals surface area contributed by atoms with Crippen LogP contribution < -0.4 is 0 Å². The molecule has 0 bridgehead atoms. The molecule has 0 aliphatic heterocycles. The summed E-state index contributed by atoms with van der Waals surface area (Å²) in [5, 5.41) is 10.5. The molecule has 0 amide bonds. The van der Waals surface area contributed by atoms with Crippen molar-refractivity contribution in [3.8, 4) is 22.3 Å². The van der Waals surface area contributed by atoms with Crippen molar-refractivity contribution < 1.29 is 0 Å². The Balaban J connectivity index is 0.000000943. The summed E-state index contributed by atoms with van der Waals surface area (Å²) < 4.78 is 0. The van der Waals surface area contributed by atoms with Crippen molar-refractivity contribution in [2.45, 2.75) is 159 Å². The first kappa shape index (κ1) is 71.7. The molecule has 0 fully saturated rings. The van der Waals surface area contributed by atoms with Crippen molar-refractivity contribution in [2.75, 3.05) is 0 Å². The van der Waals surface area contributed by atoms with Gasteiger partial charge in [0.1, 0.15) is 0 Å². The van der Waals surface area contributed by atoms with Crippen molar-refractivity contribution >= 4 is 49.2 Å². The maximum atomic E-state index is 4.07. The van der Waals surface area contributed by atoms with Crippen LogP contribution in [0.5, 0.6) is 0 Å². The smallest absolute Gasteiger partial charge is 0.00201 e. The average molecular weight is 1080 g/mol. The van der Waals surface area contributed by atoms with Gasteiger partial charge in [-0.05, 0) is 174 Å². The molecule has 0 aliphatic carbocycles. The third kappa shape index (κ3) is 22.0. The van der Waals surface area contributed by atoms with Crippen LogP contribution in [0.1, 0.15) is 163 Å². The number of benzene rings is 7. The van der Waals surface area contributed by atoms with E-state index in [0.717, 1.165) is 5.57 Å². The second-order valence-corrected chi connectivity index (χ2v) is 20.7. The van der Waals surface area contributed by atoms with Gasteiger partial charge in [-0.2, -0.15) is 0 Å². The molecule has 430 valence electrons. The van der Waals surface area contributed by atoms with Crippen LogP contribution in [0, 0.1) is 18.3 Å². The van der Waals surface area contributed by atoms with E-state index in [2.05, 4.69) is 272 Å². The molecule has 0 aromatic heterocycles. The summed E-state index contributed by atoms with van der Waals surface area (Å²) in [4.78, 5) is 0. The molecular weight excluding hydrogens is 973 g/mol. The molecule has 81 heavy (non-hydrogen) atoms. The van der Waals surface area contributed by atoms with Gasteiger partial charge in [-0.25, -0.2) is 0 Å². The number of allylic oxidation sites excluding steroid dienone is 22. The molecular formula is C81H106. The largest absolute Gasteiger partial charge is 0.0961 e. The first-order valence-electron chi connectivity index (χ1n) is 30.2. The molecule has 0 heterocycles. The number of hydrogen-bond donors (Lipinski definition) is 0. The third-order valence-electron chi connectivity index (χ3n) is 13.0. The van der Waals surface area contributed by atoms with Crippen LogP contribution in [0.3, 0.4) is 0 Å². The highest BCUT2D eigenvalue weighted by atomic mass is 14.2. The van der Waals surface area contributed by atoms with Crippen molar-refractivity contribution in [2.24, 2.45) is 11.3 Å². The fourth-order valence-electron chi connectivity index (χ4n) is 8.93. The monoisotopic (exact) mass is 1080 g/mol. The van der Waals surface area contributed by atoms with Gasteiger partial charge in [-0.3, -0.25) is 0 Å². The van der Waals surface area contributed by atoms with E-state index >= 15 is 0 Å². The van der Waals surface area contributed by atoms with E-state index < -0.39 is 0 Å². The Labute approximate surface area is 496 Å². The lowest BCUT2D eigenvalue weighted by Gasteiger charge is -2.21. The number of rotatable bonds is 13. The van der Waals surface area contributed by atoms with Crippen LogP contribution in [0.25, 0.3) is 71.4 Å². The Morgan fingerprint density at radius 2 is 0.938 bits per heavy atom. The lowest BCUT2D eigenvalue weighted by Crippen LogP contribution is -2.08. The molecule has 0 saturated heterocycles. The molecule has 0 nitrogen and oxygen atoms in total. The number of aryl methyl sites for hydroxylation is 1. The first-order chi connectivity index (χ1) is 38.9. The van der Waals surface area contributed by atoms with Gasteiger partial charge >= 0.3 is 0 Å². The molecule has 0 atom stereocenters. The fraction of sp³-hybridized carbons (Fsp3) is 0.309. The van der Waals surface area contributed by atoms with E-state index in [1.165, 1.54) is 110 Å². The Kier molecular flexibility index (Phi) is 34.0. The van der Waals surface area contributed by atoms with Crippen molar-refractivity contribution in [3.05, 3.63) is 257 Å². The van der Waals surface area contributed by atoms with Crippen LogP contribution in [0.15, 0.2) is 246 Å². The van der Waals surface area contributed by atoms with E-state index in [0.29, 0.717) is 5.92 Å². The molecule has 0 N–H and O–H groups in total. The second kappa shape index (κ2) is 38.4. The van der Waals surface area contributed by atoms with Crippen LogP contribution in [0.4, 0.5) is 0 Å². The van der Waals surface area contributed by atoms with Crippen molar-refractivity contribution in [1.29, 1.82) is 0 Å². The predicted molar refractivity (Wildman–Crippen MR) is 377 cm³/mol. The highest BCUT2D eigenvalue weighted by Gasteiger charge is 2.18. The zero-order valence-electron chi connectivity index (χ0n) is 54.9. The third-order valence-corrected chi connectivity index (χ3v) is 13.0. The van der Waals surface area contributed by atoms with E-state index in [9.17, 15) is 0 Å². The van der Waals surface area contributed by atoms with Crippen LogP contribution in [0.2, 0.25) is 0 Å². The Bertz CT molecular complexity index is 3310. The summed E-state index contributed by atoms with van der Waals surface area (Å²) in [6.45, 7) is 52.1. The van der Waals surface area contributed by atoms with Gasteiger partial charge in [0.05, 0.1) is 0 Å². The van der Waals surface area contributed by atoms with Crippen LogP contribution >= 0.6 is 0 Å². The standard InChI is InChI=1S/C52H48.C15H24.C6H10.4C2H6/c1-34(2)32-41(52(6,7)8)33-37(5)13-9-12-35(3)18-21-38-22-26-40(27-23-38)43-29-31-49-48-30-28-42(39-24-19-36(4)20-25-39)44-14-10-16-46(50(44)48)47-17-11-15-45(43)51(47)49;1-7-9-15(13(5)8-2)14(6)11-10-12(3)4;1-3-5-6-4-2;4*1-2/h9-33H,1H2,2-8H3;7-12H,1-6H3;3-6H,1-2H3;4*1-2H3/b13-9+,21-18-,35-12-,37-33-,41-32+;9-7-,11-10+,13-8-,15-14-;5-3+,6-4+;;;;. The highest BCUT2D eigenvalue weighted by molar-refractivity contribution is 6.35. The summed E-state index contributed by atoms with van der Waals surface area (Å²) >= 11 is 0. The van der Waals surface area contributed by atoms with E-state index in [4.69, 9.17) is 0 Å². The van der Waals surface area contributed by atoms with Gasteiger partial charge in [0.2, 0.25) is 0 Å². The molecule has 0 heteroatoms. The molecule has 0 saturated carbocycles. The number of fused-ring (bicyclic) bond motifs is 2. The van der Waals surface area contributed by atoms with Crippen LogP contribution in [-0.2, 0) is 0 Å². The van der Waals surface area contributed by atoms with Gasteiger partial charge in [0, 0.05) is 0 Å². The zero-order chi connectivity index (χ0) is 61.2. The lowest BCUT2D eigenvalue weighted by atomic mass is 9.84. The van der Waals surface area contributed by atoms with E-state index in [-0.39, 0.29) is 5.41 Å². The normalized spacial score (nSPS) is 12.7. The summed E-state index contributed by atoms with van der Waals surface area (Å²) in [6.07, 6.45) is 34.2. The van der Waals surface area contributed by atoms with E-state index in [1.807, 2.05) is 100 Å². The minimum Gasteiger partial charge on any atom is -0.0961 e. The zero-order valence-corrected chi connectivity index (χ0v) is 54.9. The van der Waals surface area contributed by atoms with E-state index in [1.54, 1.807) is 0 Å². The lowest BCUT2D eigenvalue weighted by molar-refractivity contribution is 0.516. The van der Waals surface area contributed by atoms with Crippen LogP contribution in [-0.4, -0.2) is 0 Å². The quantitative estimate of drug-likeness (QED) is 0.0613. The molecule has 7 aromatic rings. The summed E-state index contributed by atoms with van der Waals surface area (Å²) in [5.74, 6) is 0.609. The summed E-state index contributed by atoms with van der Waals surface area (Å²) in [6, 6.07) is 40.8. The van der Waals surface area contributed by atoms with Crippen molar-refractivity contribution in [1.82, 2.24) is 0 Å². The fourth-order valence-corrected chi connectivity index (χ4v) is 8.93. The summed E-state index contributed by atoms with van der Waals surface area (Å²) in [7, 11) is 0. The molecule has 0 unspecified atom stereocenters. The topological polar surface area (TPSA) is 0 Å². The summed E-state index contributed by atoms with van der Waals surface area (Å²) in [5.41, 5.74) is 16.3. The SMILES string of the molecule is C/C=C/C=C/C.C=C(C)\C=C(/C=C(C)\C=C\C=C(C)/C=C\c1ccc(-c2ccc3c4ccc(-c5ccc(C)cc5)c5cccc(c6cccc2c63)c54)cc1)C(C)(C)C.CC.CC.CC.CC.C\C=C/C(C(/C)=C\C)=C(C)/C=C/C(C)C. The maximum absolute atomic E-state index is 4.07. The van der Waals surface area contributed by atoms with Gasteiger partial charge in [-0.1, -0.05) is 325 Å². The molecule has 7 rings (SSSR count). The van der Waals surface area contributed by atoms with Crippen molar-refractivity contribution in [3.63, 3.8) is 0 Å². The minimum atomic E-state index is 0.0698. The van der Waals surface area contributed by atoms with Gasteiger partial charge in [0.15, 0.2) is 0 Å². The molecule has 0 radical (unpaired) electrons. The highest BCUT2D eigenvalue weighted by Crippen LogP contribution is 2.45. The Morgan fingerprint density at radius 1 is 0.481 bits per heavy atom. The van der Waals surface area contributed by atoms with Gasteiger partial charge < -0.3 is 0 Å². The maximum Gasteiger partial charge on any atom is -0.00201 e. The van der Waals surface area contributed by atoms with Gasteiger partial charge in [0.25, 0.3) is 0 Å². The Hall–Kier alpha value is -7.28. The second-order valence-electron chi connectivity index (χ2n) is 20.7. The molecule has 7 aromatic carbocycles. The predicted octanol–water partition coefficient (Wildman–Crippen LogP) is 26.7. The molecule has 0 aliphatic rings. The average Bonchev–Trinajstić information content (AvgIpc) is 3.58.